The molecule has 0 aromatic carbocycles. The molecule has 2 atom stereocenters. The maximum Gasteiger partial charge on any atom is 0.136 e. The minimum atomic E-state index is 0.185. The average molecular weight is 302 g/mol. The van der Waals surface area contributed by atoms with E-state index in [1.54, 1.807) is 6.26 Å². The zero-order chi connectivity index (χ0) is 12.4. The molecule has 0 saturated carbocycles. The van der Waals surface area contributed by atoms with Gasteiger partial charge in [-0.2, -0.15) is 0 Å². The summed E-state index contributed by atoms with van der Waals surface area (Å²) in [6.07, 6.45) is 2.91. The fourth-order valence-corrected chi connectivity index (χ4v) is 2.90. The molecule has 1 aliphatic heterocycles. The van der Waals surface area contributed by atoms with E-state index in [0.29, 0.717) is 12.6 Å². The van der Waals surface area contributed by atoms with E-state index in [1.807, 2.05) is 6.07 Å². The molecule has 2 rings (SSSR count). The van der Waals surface area contributed by atoms with Crippen LogP contribution in [0.3, 0.4) is 0 Å². The van der Waals surface area contributed by atoms with Crippen molar-refractivity contribution in [2.75, 3.05) is 33.7 Å². The summed E-state index contributed by atoms with van der Waals surface area (Å²) in [4.78, 5) is 4.69. The van der Waals surface area contributed by atoms with Gasteiger partial charge in [0.2, 0.25) is 0 Å². The quantitative estimate of drug-likeness (QED) is 0.919. The van der Waals surface area contributed by atoms with Crippen LogP contribution in [-0.4, -0.2) is 49.6 Å². The van der Waals surface area contributed by atoms with Crippen molar-refractivity contribution in [3.63, 3.8) is 0 Å². The molecular weight excluding hydrogens is 282 g/mol. The molecule has 2 unspecified atom stereocenters. The molecule has 0 bridgehead atoms. The number of hydrogen-bond acceptors (Lipinski definition) is 4. The van der Waals surface area contributed by atoms with Crippen LogP contribution in [0.1, 0.15) is 18.2 Å². The molecule has 0 amide bonds. The Hall–Kier alpha value is -0.360. The molecule has 2 heterocycles. The summed E-state index contributed by atoms with van der Waals surface area (Å²) < 4.78 is 6.56. The Morgan fingerprint density at radius 3 is 2.88 bits per heavy atom. The number of halogens is 1. The standard InChI is InChI=1S/C12H20BrN3O/c1-15(2)9-3-5-16(8-9)11(7-14)12-10(13)4-6-17-12/h4,6,9,11H,3,5,7-8,14H2,1-2H3. The number of likely N-dealkylation sites (tertiary alicyclic amines) is 1. The molecule has 0 aliphatic carbocycles. The van der Waals surface area contributed by atoms with Crippen LogP contribution in [-0.2, 0) is 0 Å². The lowest BCUT2D eigenvalue weighted by Crippen LogP contribution is -2.36. The van der Waals surface area contributed by atoms with Gasteiger partial charge in [-0.1, -0.05) is 0 Å². The molecule has 0 radical (unpaired) electrons. The third-order valence-corrected chi connectivity index (χ3v) is 4.19. The van der Waals surface area contributed by atoms with Crippen LogP contribution in [0.2, 0.25) is 0 Å². The van der Waals surface area contributed by atoms with Gasteiger partial charge in [0, 0.05) is 25.7 Å². The largest absolute Gasteiger partial charge is 0.466 e. The van der Waals surface area contributed by atoms with Crippen LogP contribution < -0.4 is 5.73 Å². The van der Waals surface area contributed by atoms with Crippen LogP contribution in [0.4, 0.5) is 0 Å². The summed E-state index contributed by atoms with van der Waals surface area (Å²) in [6, 6.07) is 2.74. The molecule has 4 nitrogen and oxygen atoms in total. The zero-order valence-corrected chi connectivity index (χ0v) is 12.0. The van der Waals surface area contributed by atoms with Crippen molar-refractivity contribution in [2.45, 2.75) is 18.5 Å². The lowest BCUT2D eigenvalue weighted by Gasteiger charge is -2.26. The van der Waals surface area contributed by atoms with Gasteiger partial charge in [0.25, 0.3) is 0 Å². The first-order valence-corrected chi connectivity index (χ1v) is 6.76. The zero-order valence-electron chi connectivity index (χ0n) is 10.4. The van der Waals surface area contributed by atoms with Crippen molar-refractivity contribution < 1.29 is 4.42 Å². The smallest absolute Gasteiger partial charge is 0.136 e. The van der Waals surface area contributed by atoms with Gasteiger partial charge >= 0.3 is 0 Å². The third-order valence-electron chi connectivity index (χ3n) is 3.54. The van der Waals surface area contributed by atoms with Gasteiger partial charge in [-0.05, 0) is 42.5 Å². The summed E-state index contributed by atoms with van der Waals surface area (Å²) in [5.74, 6) is 0.951. The highest BCUT2D eigenvalue weighted by Gasteiger charge is 2.31. The Morgan fingerprint density at radius 2 is 2.41 bits per heavy atom. The third kappa shape index (κ3) is 2.73. The van der Waals surface area contributed by atoms with Crippen LogP contribution in [0.5, 0.6) is 0 Å². The van der Waals surface area contributed by atoms with E-state index < -0.39 is 0 Å². The van der Waals surface area contributed by atoms with Crippen molar-refractivity contribution in [3.05, 3.63) is 22.6 Å². The Bertz CT molecular complexity index is 366. The fraction of sp³-hybridized carbons (Fsp3) is 0.667. The average Bonchev–Trinajstić information content (AvgIpc) is 2.90. The van der Waals surface area contributed by atoms with Crippen LogP contribution in [0.15, 0.2) is 21.2 Å². The Morgan fingerprint density at radius 1 is 1.65 bits per heavy atom. The van der Waals surface area contributed by atoms with Gasteiger partial charge < -0.3 is 15.1 Å². The van der Waals surface area contributed by atoms with E-state index in [2.05, 4.69) is 39.8 Å². The summed E-state index contributed by atoms with van der Waals surface area (Å²) in [7, 11) is 4.27. The molecule has 1 aliphatic rings. The van der Waals surface area contributed by atoms with E-state index in [1.165, 1.54) is 6.42 Å². The SMILES string of the molecule is CN(C)C1CCN(C(CN)c2occc2Br)C1. The Labute approximate surface area is 111 Å². The number of rotatable bonds is 4. The Balaban J connectivity index is 2.08. The minimum absolute atomic E-state index is 0.185. The van der Waals surface area contributed by atoms with E-state index in [-0.39, 0.29) is 6.04 Å². The van der Waals surface area contributed by atoms with E-state index in [4.69, 9.17) is 10.2 Å². The lowest BCUT2D eigenvalue weighted by molar-refractivity contribution is 0.198. The van der Waals surface area contributed by atoms with Crippen LogP contribution in [0, 0.1) is 0 Å². The molecule has 1 saturated heterocycles. The van der Waals surface area contributed by atoms with Crippen molar-refractivity contribution in [2.24, 2.45) is 5.73 Å². The first-order valence-electron chi connectivity index (χ1n) is 5.97. The van der Waals surface area contributed by atoms with Crippen molar-refractivity contribution in [3.8, 4) is 0 Å². The van der Waals surface area contributed by atoms with Gasteiger partial charge in [0.1, 0.15) is 5.76 Å². The highest BCUT2D eigenvalue weighted by Crippen LogP contribution is 2.31. The summed E-state index contributed by atoms with van der Waals surface area (Å²) in [6.45, 7) is 2.73. The van der Waals surface area contributed by atoms with Gasteiger partial charge in [-0.3, -0.25) is 4.90 Å². The highest BCUT2D eigenvalue weighted by molar-refractivity contribution is 9.10. The number of hydrogen-bond donors (Lipinski definition) is 1. The summed E-state index contributed by atoms with van der Waals surface area (Å²) >= 11 is 3.51. The predicted octanol–water partition coefficient (Wildman–Crippen LogP) is 1.68. The topological polar surface area (TPSA) is 45.6 Å². The lowest BCUT2D eigenvalue weighted by atomic mass is 10.2. The Kier molecular flexibility index (Phi) is 4.25. The predicted molar refractivity (Wildman–Crippen MR) is 71.9 cm³/mol. The second kappa shape index (κ2) is 5.52. The van der Waals surface area contributed by atoms with Gasteiger partial charge in [0.15, 0.2) is 0 Å². The first kappa shape index (κ1) is 13.1. The number of furan rings is 1. The molecule has 0 spiro atoms. The normalized spacial score (nSPS) is 23.5. The maximum atomic E-state index is 5.90. The minimum Gasteiger partial charge on any atom is -0.466 e. The van der Waals surface area contributed by atoms with Crippen molar-refractivity contribution in [1.82, 2.24) is 9.80 Å². The van der Waals surface area contributed by atoms with Gasteiger partial charge in [-0.15, -0.1) is 0 Å². The molecule has 96 valence electrons. The molecule has 1 aromatic rings. The van der Waals surface area contributed by atoms with Crippen LogP contribution in [0.25, 0.3) is 0 Å². The second-order valence-electron chi connectivity index (χ2n) is 4.79. The fourth-order valence-electron chi connectivity index (χ4n) is 2.44. The molecular formula is C12H20BrN3O. The maximum absolute atomic E-state index is 5.90. The van der Waals surface area contributed by atoms with Crippen LogP contribution >= 0.6 is 15.9 Å². The van der Waals surface area contributed by atoms with Gasteiger partial charge in [0.05, 0.1) is 16.8 Å². The molecule has 17 heavy (non-hydrogen) atoms. The first-order chi connectivity index (χ1) is 8.13. The van der Waals surface area contributed by atoms with Crippen molar-refractivity contribution >= 4 is 15.9 Å². The molecule has 5 heteroatoms. The molecule has 2 N–H and O–H groups in total. The summed E-state index contributed by atoms with van der Waals surface area (Å²) in [5.41, 5.74) is 5.90. The van der Waals surface area contributed by atoms with E-state index in [0.717, 1.165) is 23.3 Å². The summed E-state index contributed by atoms with van der Waals surface area (Å²) in [5, 5.41) is 0. The second-order valence-corrected chi connectivity index (χ2v) is 5.64. The molecule has 1 fully saturated rings. The monoisotopic (exact) mass is 301 g/mol. The number of likely N-dealkylation sites (N-methyl/N-ethyl adjacent to an activating group) is 1. The molecule has 1 aromatic heterocycles. The number of nitrogens with zero attached hydrogens (tertiary/aromatic N) is 2. The van der Waals surface area contributed by atoms with Gasteiger partial charge in [-0.25, -0.2) is 0 Å². The number of nitrogens with two attached hydrogens (primary N) is 1. The van der Waals surface area contributed by atoms with Crippen molar-refractivity contribution in [1.29, 1.82) is 0 Å². The van der Waals surface area contributed by atoms with E-state index in [9.17, 15) is 0 Å². The highest BCUT2D eigenvalue weighted by atomic mass is 79.9. The van der Waals surface area contributed by atoms with E-state index >= 15 is 0 Å².